The largest absolute Gasteiger partial charge is 0.468 e. The lowest BCUT2D eigenvalue weighted by atomic mass is 10.0. The highest BCUT2D eigenvalue weighted by molar-refractivity contribution is 5.85. The first kappa shape index (κ1) is 14.6. The van der Waals surface area contributed by atoms with Gasteiger partial charge in [0.15, 0.2) is 0 Å². The predicted molar refractivity (Wildman–Crippen MR) is 80.7 cm³/mol. The molecule has 4 heteroatoms. The van der Waals surface area contributed by atoms with Crippen LogP contribution in [0.3, 0.4) is 0 Å². The molecular weight excluding hydrogens is 252 g/mol. The Balaban J connectivity index is 0.000000212. The van der Waals surface area contributed by atoms with E-state index in [1.807, 2.05) is 6.92 Å². The Bertz CT molecular complexity index is 563. The van der Waals surface area contributed by atoms with Crippen molar-refractivity contribution in [1.29, 1.82) is 0 Å². The molecule has 2 heterocycles. The van der Waals surface area contributed by atoms with Crippen LogP contribution in [-0.4, -0.2) is 24.6 Å². The second-order valence-corrected chi connectivity index (χ2v) is 4.96. The normalized spacial score (nSPS) is 17.0. The van der Waals surface area contributed by atoms with E-state index in [2.05, 4.69) is 46.2 Å². The van der Waals surface area contributed by atoms with Crippen molar-refractivity contribution in [2.45, 2.75) is 32.7 Å². The van der Waals surface area contributed by atoms with Crippen molar-refractivity contribution in [3.8, 4) is 0 Å². The Morgan fingerprint density at radius 2 is 2.20 bits per heavy atom. The van der Waals surface area contributed by atoms with Crippen LogP contribution in [0.2, 0.25) is 0 Å². The summed E-state index contributed by atoms with van der Waals surface area (Å²) in [4.78, 5) is 12.8. The molecule has 1 aromatic heterocycles. The summed E-state index contributed by atoms with van der Waals surface area (Å²) in [7, 11) is 0. The number of carbonyl (C=O) groups is 1. The zero-order valence-corrected chi connectivity index (χ0v) is 12.1. The van der Waals surface area contributed by atoms with Crippen molar-refractivity contribution < 1.29 is 9.53 Å². The van der Waals surface area contributed by atoms with Crippen molar-refractivity contribution in [2.24, 2.45) is 0 Å². The molecule has 3 rings (SSSR count). The van der Waals surface area contributed by atoms with E-state index in [0.29, 0.717) is 19.1 Å². The van der Waals surface area contributed by atoms with Crippen LogP contribution in [0.1, 0.15) is 37.6 Å². The summed E-state index contributed by atoms with van der Waals surface area (Å²) in [5.41, 5.74) is 4.15. The highest BCUT2D eigenvalue weighted by Crippen LogP contribution is 2.29. The second-order valence-electron chi connectivity index (χ2n) is 4.96. The lowest BCUT2D eigenvalue weighted by Crippen LogP contribution is -2.27. The molecule has 1 atom stereocenters. The summed E-state index contributed by atoms with van der Waals surface area (Å²) >= 11 is 0. The van der Waals surface area contributed by atoms with E-state index in [1.54, 1.807) is 0 Å². The quantitative estimate of drug-likeness (QED) is 0.668. The van der Waals surface area contributed by atoms with E-state index < -0.39 is 0 Å². The maximum atomic E-state index is 9.34. The van der Waals surface area contributed by atoms with Crippen molar-refractivity contribution in [3.05, 3.63) is 35.5 Å². The maximum absolute atomic E-state index is 9.34. The molecule has 0 saturated carbocycles. The Morgan fingerprint density at radius 3 is 2.90 bits per heavy atom. The van der Waals surface area contributed by atoms with Gasteiger partial charge in [0.05, 0.1) is 6.61 Å². The number of aromatic nitrogens is 1. The summed E-state index contributed by atoms with van der Waals surface area (Å²) in [5.74, 6) is 0. The minimum absolute atomic E-state index is 0.462. The molecule has 108 valence electrons. The number of aromatic amines is 1. The second kappa shape index (κ2) is 7.10. The Labute approximate surface area is 119 Å². The summed E-state index contributed by atoms with van der Waals surface area (Å²) in [6.45, 7) is 6.26. The van der Waals surface area contributed by atoms with Gasteiger partial charge in [0, 0.05) is 22.6 Å². The predicted octanol–water partition coefficient (Wildman–Crippen LogP) is 2.94. The number of benzene rings is 1. The molecule has 1 unspecified atom stereocenters. The molecule has 4 nitrogen and oxygen atoms in total. The van der Waals surface area contributed by atoms with Gasteiger partial charge in [-0.2, -0.15) is 0 Å². The average molecular weight is 274 g/mol. The first-order valence-electron chi connectivity index (χ1n) is 7.16. The minimum Gasteiger partial charge on any atom is -0.468 e. The van der Waals surface area contributed by atoms with Crippen LogP contribution in [0.25, 0.3) is 10.9 Å². The van der Waals surface area contributed by atoms with E-state index in [1.165, 1.54) is 22.2 Å². The third-order valence-corrected chi connectivity index (χ3v) is 3.50. The van der Waals surface area contributed by atoms with E-state index in [9.17, 15) is 4.79 Å². The molecule has 0 spiro atoms. The molecule has 0 amide bonds. The number of rotatable bonds is 3. The number of fused-ring (bicyclic) bond motifs is 3. The first-order chi connectivity index (χ1) is 9.77. The molecule has 2 aromatic rings. The molecule has 20 heavy (non-hydrogen) atoms. The van der Waals surface area contributed by atoms with Gasteiger partial charge in [0.2, 0.25) is 0 Å². The van der Waals surface area contributed by atoms with E-state index in [-0.39, 0.29) is 0 Å². The molecule has 0 aliphatic carbocycles. The van der Waals surface area contributed by atoms with Gasteiger partial charge in [0.1, 0.15) is 0 Å². The molecular formula is C16H22N2O2. The lowest BCUT2D eigenvalue weighted by Gasteiger charge is -2.20. The van der Waals surface area contributed by atoms with Crippen molar-refractivity contribution >= 4 is 17.4 Å². The van der Waals surface area contributed by atoms with Crippen LogP contribution in [0.4, 0.5) is 0 Å². The van der Waals surface area contributed by atoms with E-state index in [0.717, 1.165) is 19.4 Å². The lowest BCUT2D eigenvalue weighted by molar-refractivity contribution is -0.128. The topological polar surface area (TPSA) is 54.1 Å². The van der Waals surface area contributed by atoms with Gasteiger partial charge >= 0.3 is 0 Å². The van der Waals surface area contributed by atoms with Gasteiger partial charge in [0.25, 0.3) is 6.47 Å². The SMILES string of the molecule is CC1NCCc2c1[nH]c1ccccc21.CCCOC=O. The van der Waals surface area contributed by atoms with E-state index in [4.69, 9.17) is 0 Å². The van der Waals surface area contributed by atoms with E-state index >= 15 is 0 Å². The van der Waals surface area contributed by atoms with Gasteiger partial charge < -0.3 is 15.0 Å². The highest BCUT2D eigenvalue weighted by Gasteiger charge is 2.19. The number of nitrogens with one attached hydrogen (secondary N) is 2. The van der Waals surface area contributed by atoms with Gasteiger partial charge in [-0.25, -0.2) is 0 Å². The molecule has 0 fully saturated rings. The van der Waals surface area contributed by atoms with Crippen LogP contribution >= 0.6 is 0 Å². The molecule has 2 N–H and O–H groups in total. The average Bonchev–Trinajstić information content (AvgIpc) is 2.86. The summed E-state index contributed by atoms with van der Waals surface area (Å²) in [6.07, 6.45) is 2.04. The van der Waals surface area contributed by atoms with Gasteiger partial charge in [-0.1, -0.05) is 25.1 Å². The molecule has 1 aliphatic heterocycles. The first-order valence-corrected chi connectivity index (χ1v) is 7.16. The summed E-state index contributed by atoms with van der Waals surface area (Å²) < 4.78 is 4.30. The fraction of sp³-hybridized carbons (Fsp3) is 0.438. The zero-order chi connectivity index (χ0) is 14.4. The highest BCUT2D eigenvalue weighted by atomic mass is 16.5. The van der Waals surface area contributed by atoms with Crippen LogP contribution in [0, 0.1) is 0 Å². The third-order valence-electron chi connectivity index (χ3n) is 3.50. The summed E-state index contributed by atoms with van der Waals surface area (Å²) in [5, 5.41) is 4.87. The molecule has 0 radical (unpaired) electrons. The number of H-pyrrole nitrogens is 1. The van der Waals surface area contributed by atoms with Crippen molar-refractivity contribution in [1.82, 2.24) is 10.3 Å². The molecule has 1 aromatic carbocycles. The fourth-order valence-electron chi connectivity index (χ4n) is 2.54. The number of hydrogen-bond acceptors (Lipinski definition) is 3. The fourth-order valence-corrected chi connectivity index (χ4v) is 2.54. The Kier molecular flexibility index (Phi) is 5.18. The summed E-state index contributed by atoms with van der Waals surface area (Å²) in [6, 6.07) is 9.03. The van der Waals surface area contributed by atoms with Gasteiger partial charge in [-0.05, 0) is 37.9 Å². The Morgan fingerprint density at radius 1 is 1.40 bits per heavy atom. The van der Waals surface area contributed by atoms with Crippen LogP contribution in [-0.2, 0) is 16.0 Å². The Hall–Kier alpha value is -1.81. The van der Waals surface area contributed by atoms with Crippen molar-refractivity contribution in [2.75, 3.05) is 13.2 Å². The number of hydrogen-bond donors (Lipinski definition) is 2. The zero-order valence-electron chi connectivity index (χ0n) is 12.1. The van der Waals surface area contributed by atoms with Gasteiger partial charge in [-0.15, -0.1) is 0 Å². The van der Waals surface area contributed by atoms with Gasteiger partial charge in [-0.3, -0.25) is 4.79 Å². The molecule has 0 saturated heterocycles. The smallest absolute Gasteiger partial charge is 0.293 e. The number of ether oxygens (including phenoxy) is 1. The monoisotopic (exact) mass is 274 g/mol. The molecule has 0 bridgehead atoms. The number of para-hydroxylation sites is 1. The van der Waals surface area contributed by atoms with Crippen LogP contribution < -0.4 is 5.32 Å². The van der Waals surface area contributed by atoms with Crippen LogP contribution in [0.15, 0.2) is 24.3 Å². The standard InChI is InChI=1S/C12H14N2.C4H8O2/c1-8-12-10(6-7-13-8)9-4-2-3-5-11(9)14-12;1-2-3-6-4-5/h2-5,8,13-14H,6-7H2,1H3;4H,2-3H2,1H3. The van der Waals surface area contributed by atoms with Crippen LogP contribution in [0.5, 0.6) is 0 Å². The maximum Gasteiger partial charge on any atom is 0.293 e. The molecule has 1 aliphatic rings. The number of carbonyl (C=O) groups excluding carboxylic acids is 1. The third kappa shape index (κ3) is 3.20. The van der Waals surface area contributed by atoms with Crippen molar-refractivity contribution in [3.63, 3.8) is 0 Å². The minimum atomic E-state index is 0.462.